The van der Waals surface area contributed by atoms with E-state index >= 15 is 0 Å². The van der Waals surface area contributed by atoms with Crippen LogP contribution in [0.15, 0.2) is 0 Å². The highest BCUT2D eigenvalue weighted by atomic mass is 19.3. The first kappa shape index (κ1) is 11.0. The molecule has 0 bridgehead atoms. The van der Waals surface area contributed by atoms with Crippen molar-refractivity contribution in [2.75, 3.05) is 6.54 Å². The van der Waals surface area contributed by atoms with Gasteiger partial charge in [0.1, 0.15) is 6.54 Å². The lowest BCUT2D eigenvalue weighted by molar-refractivity contribution is 0.119. The van der Waals surface area contributed by atoms with Gasteiger partial charge >= 0.3 is 0 Å². The van der Waals surface area contributed by atoms with Crippen LogP contribution in [0.25, 0.3) is 0 Å². The molecule has 0 aliphatic heterocycles. The summed E-state index contributed by atoms with van der Waals surface area (Å²) in [5.41, 5.74) is 0. The molecule has 0 unspecified atom stereocenters. The van der Waals surface area contributed by atoms with Crippen LogP contribution >= 0.6 is 0 Å². The van der Waals surface area contributed by atoms with E-state index in [1.165, 1.54) is 0 Å². The molecule has 1 heterocycles. The molecule has 7 heteroatoms. The van der Waals surface area contributed by atoms with Gasteiger partial charge in [-0.1, -0.05) is 6.92 Å². The topological polar surface area (TPSA) is 55.6 Å². The van der Waals surface area contributed by atoms with Gasteiger partial charge in [-0.25, -0.2) is 13.5 Å². The van der Waals surface area contributed by atoms with Crippen LogP contribution in [0.2, 0.25) is 0 Å². The number of hydrogen-bond donors (Lipinski definition) is 1. The van der Waals surface area contributed by atoms with E-state index in [4.69, 9.17) is 0 Å². The second-order valence-corrected chi connectivity index (χ2v) is 2.85. The molecule has 0 atom stereocenters. The minimum atomic E-state index is -2.43. The minimum Gasteiger partial charge on any atom is -0.310 e. The fourth-order valence-corrected chi connectivity index (χ4v) is 0.999. The van der Waals surface area contributed by atoms with E-state index in [2.05, 4.69) is 20.8 Å². The van der Waals surface area contributed by atoms with Gasteiger partial charge in [-0.2, -0.15) is 0 Å². The quantitative estimate of drug-likeness (QED) is 0.684. The molecule has 0 aliphatic carbocycles. The lowest BCUT2D eigenvalue weighted by Gasteiger charge is -2.04. The monoisotopic (exact) mass is 205 g/mol. The molecule has 14 heavy (non-hydrogen) atoms. The molecule has 0 amide bonds. The number of hydrogen-bond acceptors (Lipinski definition) is 4. The zero-order chi connectivity index (χ0) is 10.4. The molecule has 0 aliphatic rings. The summed E-state index contributed by atoms with van der Waals surface area (Å²) >= 11 is 0. The van der Waals surface area contributed by atoms with Crippen LogP contribution in [0, 0.1) is 0 Å². The number of nitrogens with zero attached hydrogens (tertiary/aromatic N) is 4. The summed E-state index contributed by atoms with van der Waals surface area (Å²) in [5.74, 6) is 0.443. The molecule has 1 aromatic heterocycles. The first-order chi connectivity index (χ1) is 6.74. The first-order valence-corrected chi connectivity index (χ1v) is 4.48. The fourth-order valence-electron chi connectivity index (χ4n) is 0.999. The molecule has 1 aromatic rings. The van der Waals surface area contributed by atoms with Gasteiger partial charge in [0.2, 0.25) is 0 Å². The van der Waals surface area contributed by atoms with Crippen molar-refractivity contribution in [3.63, 3.8) is 0 Å². The highest BCUT2D eigenvalue weighted by molar-refractivity contribution is 4.79. The van der Waals surface area contributed by atoms with Crippen LogP contribution in [-0.2, 0) is 13.1 Å². The Balaban J connectivity index is 2.45. The van der Waals surface area contributed by atoms with Gasteiger partial charge in [0.25, 0.3) is 6.43 Å². The second-order valence-electron chi connectivity index (χ2n) is 2.85. The number of halogens is 2. The highest BCUT2D eigenvalue weighted by Crippen LogP contribution is 1.99. The van der Waals surface area contributed by atoms with Crippen LogP contribution in [0.4, 0.5) is 8.78 Å². The molecule has 0 fully saturated rings. The van der Waals surface area contributed by atoms with E-state index < -0.39 is 13.0 Å². The Labute approximate surface area is 80.5 Å². The van der Waals surface area contributed by atoms with Crippen molar-refractivity contribution >= 4 is 0 Å². The van der Waals surface area contributed by atoms with Gasteiger partial charge in [0, 0.05) is 0 Å². The van der Waals surface area contributed by atoms with E-state index in [1.54, 1.807) is 0 Å². The Morgan fingerprint density at radius 3 is 2.93 bits per heavy atom. The molecular weight excluding hydrogens is 192 g/mol. The van der Waals surface area contributed by atoms with Crippen molar-refractivity contribution < 1.29 is 8.78 Å². The summed E-state index contributed by atoms with van der Waals surface area (Å²) in [4.78, 5) is 0. The van der Waals surface area contributed by atoms with Crippen molar-refractivity contribution in [1.82, 2.24) is 25.5 Å². The third-order valence-electron chi connectivity index (χ3n) is 1.63. The zero-order valence-electron chi connectivity index (χ0n) is 7.95. The molecule has 5 nitrogen and oxygen atoms in total. The molecule has 0 saturated heterocycles. The number of tetrazole rings is 1. The second kappa shape index (κ2) is 5.58. The van der Waals surface area contributed by atoms with Gasteiger partial charge in [-0.3, -0.25) is 0 Å². The van der Waals surface area contributed by atoms with E-state index in [1.807, 2.05) is 6.92 Å². The largest absolute Gasteiger partial charge is 0.310 e. The molecular formula is C7H13F2N5. The predicted molar refractivity (Wildman–Crippen MR) is 45.8 cm³/mol. The van der Waals surface area contributed by atoms with Crippen LogP contribution in [0.1, 0.15) is 19.2 Å². The van der Waals surface area contributed by atoms with E-state index in [9.17, 15) is 8.78 Å². The average Bonchev–Trinajstić information content (AvgIpc) is 2.52. The van der Waals surface area contributed by atoms with Crippen LogP contribution in [0.5, 0.6) is 0 Å². The van der Waals surface area contributed by atoms with E-state index in [0.717, 1.165) is 17.6 Å². The summed E-state index contributed by atoms with van der Waals surface area (Å²) in [6.45, 7) is 2.82. The lowest BCUT2D eigenvalue weighted by Crippen LogP contribution is -2.20. The third-order valence-corrected chi connectivity index (χ3v) is 1.63. The molecule has 0 aromatic carbocycles. The smallest absolute Gasteiger partial charge is 0.258 e. The molecule has 80 valence electrons. The van der Waals surface area contributed by atoms with Crippen molar-refractivity contribution in [2.24, 2.45) is 0 Å². The van der Waals surface area contributed by atoms with Crippen molar-refractivity contribution in [3.05, 3.63) is 5.82 Å². The van der Waals surface area contributed by atoms with Gasteiger partial charge in [-0.05, 0) is 23.4 Å². The summed E-state index contributed by atoms with van der Waals surface area (Å²) in [5, 5.41) is 13.5. The summed E-state index contributed by atoms with van der Waals surface area (Å²) in [7, 11) is 0. The zero-order valence-corrected chi connectivity index (χ0v) is 7.95. The Kier molecular flexibility index (Phi) is 4.37. The van der Waals surface area contributed by atoms with Gasteiger partial charge in [0.15, 0.2) is 5.82 Å². The fraction of sp³-hybridized carbons (Fsp3) is 0.857. The van der Waals surface area contributed by atoms with Crippen molar-refractivity contribution in [1.29, 1.82) is 0 Å². The normalized spacial score (nSPS) is 11.1. The molecule has 0 saturated carbocycles. The van der Waals surface area contributed by atoms with Crippen LogP contribution < -0.4 is 5.32 Å². The minimum absolute atomic E-state index is 0.424. The number of aromatic nitrogens is 4. The van der Waals surface area contributed by atoms with E-state index in [0.29, 0.717) is 12.4 Å². The third kappa shape index (κ3) is 3.33. The van der Waals surface area contributed by atoms with Crippen LogP contribution in [-0.4, -0.2) is 33.2 Å². The van der Waals surface area contributed by atoms with Gasteiger partial charge in [0.05, 0.1) is 6.54 Å². The standard InChI is InChI=1S/C7H13F2N5/c1-2-3-10-4-7-11-12-13-14(7)5-6(8)9/h6,10H,2-5H2,1H3. The first-order valence-electron chi connectivity index (χ1n) is 4.48. The van der Waals surface area contributed by atoms with E-state index in [-0.39, 0.29) is 0 Å². The maximum atomic E-state index is 12.0. The number of alkyl halides is 2. The highest BCUT2D eigenvalue weighted by Gasteiger charge is 2.10. The Morgan fingerprint density at radius 2 is 2.29 bits per heavy atom. The van der Waals surface area contributed by atoms with Gasteiger partial charge in [-0.15, -0.1) is 5.10 Å². The van der Waals surface area contributed by atoms with Crippen molar-refractivity contribution in [2.45, 2.75) is 32.9 Å². The Morgan fingerprint density at radius 1 is 1.50 bits per heavy atom. The molecule has 0 spiro atoms. The molecule has 1 N–H and O–H groups in total. The Hall–Kier alpha value is -1.11. The maximum Gasteiger partial charge on any atom is 0.258 e. The lowest BCUT2D eigenvalue weighted by atomic mass is 10.4. The summed E-state index contributed by atoms with van der Waals surface area (Å²) in [6, 6.07) is 0. The van der Waals surface area contributed by atoms with Crippen molar-refractivity contribution in [3.8, 4) is 0 Å². The van der Waals surface area contributed by atoms with Gasteiger partial charge < -0.3 is 5.32 Å². The SMILES string of the molecule is CCCNCc1nnnn1CC(F)F. The average molecular weight is 205 g/mol. The predicted octanol–water partition coefficient (Wildman–Crippen LogP) is 0.438. The Bertz CT molecular complexity index is 262. The maximum absolute atomic E-state index is 12.0. The summed E-state index contributed by atoms with van der Waals surface area (Å²) in [6.07, 6.45) is -1.44. The number of rotatable bonds is 6. The molecule has 1 rings (SSSR count). The van der Waals surface area contributed by atoms with Crippen LogP contribution in [0.3, 0.4) is 0 Å². The summed E-state index contributed by atoms with van der Waals surface area (Å²) < 4.78 is 25.2. The molecule has 0 radical (unpaired) electrons. The number of nitrogens with one attached hydrogen (secondary N) is 1.